The van der Waals surface area contributed by atoms with Gasteiger partial charge in [0.2, 0.25) is 5.91 Å². The fourth-order valence-electron chi connectivity index (χ4n) is 3.67. The molecule has 1 atom stereocenters. The molecule has 0 aliphatic carbocycles. The van der Waals surface area contributed by atoms with E-state index < -0.39 is 19.0 Å². The molecule has 1 saturated heterocycles. The third kappa shape index (κ3) is 3.43. The van der Waals surface area contributed by atoms with Crippen LogP contribution >= 0.6 is 0 Å². The summed E-state index contributed by atoms with van der Waals surface area (Å²) in [5.41, 5.74) is 2.41. The van der Waals surface area contributed by atoms with Crippen molar-refractivity contribution in [2.45, 2.75) is 31.9 Å². The van der Waals surface area contributed by atoms with E-state index in [1.54, 1.807) is 21.8 Å². The van der Waals surface area contributed by atoms with E-state index in [0.717, 1.165) is 16.2 Å². The van der Waals surface area contributed by atoms with Crippen molar-refractivity contribution in [1.29, 1.82) is 0 Å². The van der Waals surface area contributed by atoms with Crippen molar-refractivity contribution in [2.24, 2.45) is 0 Å². The summed E-state index contributed by atoms with van der Waals surface area (Å²) < 4.78 is 27.8. The average molecular weight is 374 g/mol. The largest absolute Gasteiger partial charge is 0.331 e. The Bertz CT molecular complexity index is 887. The number of fused-ring (bicyclic) bond motifs is 1. The molecule has 6 nitrogen and oxygen atoms in total. The van der Waals surface area contributed by atoms with E-state index in [-0.39, 0.29) is 24.3 Å². The van der Waals surface area contributed by atoms with Crippen molar-refractivity contribution in [3.63, 3.8) is 0 Å². The number of carbonyl (C=O) groups excluding carboxylic acids is 2. The summed E-state index contributed by atoms with van der Waals surface area (Å²) in [7, 11) is 0. The van der Waals surface area contributed by atoms with Gasteiger partial charge in [0.15, 0.2) is 0 Å². The molecule has 3 heterocycles. The van der Waals surface area contributed by atoms with Crippen molar-refractivity contribution < 1.29 is 18.4 Å². The first-order chi connectivity index (χ1) is 12.8. The summed E-state index contributed by atoms with van der Waals surface area (Å²) in [5, 5.41) is 4.26. The van der Waals surface area contributed by atoms with Gasteiger partial charge in [-0.15, -0.1) is 0 Å². The molecular weight excluding hydrogens is 354 g/mol. The van der Waals surface area contributed by atoms with Crippen LogP contribution in [0.5, 0.6) is 0 Å². The number of halogens is 2. The number of aromatic nitrogens is 2. The number of hydrogen-bond acceptors (Lipinski definition) is 3. The van der Waals surface area contributed by atoms with Gasteiger partial charge in [-0.05, 0) is 25.1 Å². The van der Waals surface area contributed by atoms with Crippen LogP contribution in [0.3, 0.4) is 0 Å². The number of amides is 2. The SMILES string of the molecule is Cc1cccc(C(=O)N2Cc3ccnn3[C@H](CC(=O)N3CC(F)(F)C3)C2)c1. The lowest BCUT2D eigenvalue weighted by Gasteiger charge is -2.40. The van der Waals surface area contributed by atoms with E-state index >= 15 is 0 Å². The highest BCUT2D eigenvalue weighted by molar-refractivity contribution is 5.94. The lowest BCUT2D eigenvalue weighted by Crippen LogP contribution is -2.59. The molecule has 8 heteroatoms. The second kappa shape index (κ2) is 6.44. The predicted molar refractivity (Wildman–Crippen MR) is 93.3 cm³/mol. The van der Waals surface area contributed by atoms with Gasteiger partial charge >= 0.3 is 0 Å². The van der Waals surface area contributed by atoms with E-state index in [2.05, 4.69) is 5.10 Å². The highest BCUT2D eigenvalue weighted by atomic mass is 19.3. The van der Waals surface area contributed by atoms with E-state index in [1.165, 1.54) is 0 Å². The number of hydrogen-bond donors (Lipinski definition) is 0. The zero-order valence-electron chi connectivity index (χ0n) is 14.9. The first-order valence-corrected chi connectivity index (χ1v) is 8.86. The lowest BCUT2D eigenvalue weighted by atomic mass is 10.0. The molecule has 2 aliphatic rings. The standard InChI is InChI=1S/C19H20F2N4O2/c1-13-3-2-4-14(7-13)18(27)23-9-15-5-6-22-25(15)16(10-23)8-17(26)24-11-19(20,21)12-24/h2-7,16H,8-12H2,1H3/t16-/m1/s1. The summed E-state index contributed by atoms with van der Waals surface area (Å²) in [6.45, 7) is 1.58. The Morgan fingerprint density at radius 3 is 2.70 bits per heavy atom. The molecule has 0 radical (unpaired) electrons. The molecule has 0 unspecified atom stereocenters. The molecule has 1 fully saturated rings. The van der Waals surface area contributed by atoms with Crippen molar-refractivity contribution in [3.8, 4) is 0 Å². The van der Waals surface area contributed by atoms with Gasteiger partial charge in [0, 0.05) is 18.3 Å². The van der Waals surface area contributed by atoms with Gasteiger partial charge in [-0.1, -0.05) is 17.7 Å². The third-order valence-electron chi connectivity index (χ3n) is 5.04. The first-order valence-electron chi connectivity index (χ1n) is 8.86. The lowest BCUT2D eigenvalue weighted by molar-refractivity contribution is -0.166. The van der Waals surface area contributed by atoms with Crippen LogP contribution in [0.15, 0.2) is 36.5 Å². The maximum absolute atomic E-state index is 13.0. The number of carbonyl (C=O) groups is 2. The van der Waals surface area contributed by atoms with Crippen LogP contribution in [0, 0.1) is 6.92 Å². The minimum atomic E-state index is -2.79. The molecule has 1 aromatic heterocycles. The summed E-state index contributed by atoms with van der Waals surface area (Å²) in [5.74, 6) is -3.23. The van der Waals surface area contributed by atoms with E-state index in [4.69, 9.17) is 0 Å². The smallest absolute Gasteiger partial charge is 0.282 e. The van der Waals surface area contributed by atoms with Crippen LogP contribution in [0.25, 0.3) is 0 Å². The number of aryl methyl sites for hydroxylation is 1. The van der Waals surface area contributed by atoms with E-state index in [1.807, 2.05) is 31.2 Å². The molecule has 27 heavy (non-hydrogen) atoms. The zero-order chi connectivity index (χ0) is 19.2. The first kappa shape index (κ1) is 17.6. The zero-order valence-corrected chi connectivity index (χ0v) is 14.9. The molecule has 2 aliphatic heterocycles. The Balaban J connectivity index is 1.51. The Morgan fingerprint density at radius 1 is 1.22 bits per heavy atom. The van der Waals surface area contributed by atoms with Crippen molar-refractivity contribution in [1.82, 2.24) is 19.6 Å². The number of rotatable bonds is 3. The summed E-state index contributed by atoms with van der Waals surface area (Å²) in [6.07, 6.45) is 1.67. The number of alkyl halides is 2. The number of nitrogens with zero attached hydrogens (tertiary/aromatic N) is 4. The Labute approximate surface area is 155 Å². The summed E-state index contributed by atoms with van der Waals surface area (Å²) in [4.78, 5) is 28.1. The molecule has 0 bridgehead atoms. The molecule has 1 aromatic carbocycles. The van der Waals surface area contributed by atoms with Gasteiger partial charge in [0.05, 0.1) is 37.8 Å². The maximum atomic E-state index is 13.0. The Morgan fingerprint density at radius 2 is 2.00 bits per heavy atom. The van der Waals surface area contributed by atoms with Crippen LogP contribution < -0.4 is 0 Å². The average Bonchev–Trinajstić information content (AvgIpc) is 3.07. The second-order valence-corrected chi connectivity index (χ2v) is 7.29. The number of benzene rings is 1. The minimum absolute atomic E-state index is 0.0440. The van der Waals surface area contributed by atoms with Crippen molar-refractivity contribution in [3.05, 3.63) is 53.3 Å². The Hall–Kier alpha value is -2.77. The van der Waals surface area contributed by atoms with Crippen LogP contribution in [0.1, 0.15) is 34.1 Å². The highest BCUT2D eigenvalue weighted by Gasteiger charge is 2.46. The van der Waals surface area contributed by atoms with E-state index in [9.17, 15) is 18.4 Å². The molecule has 0 saturated carbocycles. The molecule has 0 N–H and O–H groups in total. The van der Waals surface area contributed by atoms with Crippen LogP contribution in [0.4, 0.5) is 8.78 Å². The summed E-state index contributed by atoms with van der Waals surface area (Å²) >= 11 is 0. The molecule has 4 rings (SSSR count). The second-order valence-electron chi connectivity index (χ2n) is 7.29. The van der Waals surface area contributed by atoms with Crippen LogP contribution in [-0.2, 0) is 11.3 Å². The quantitative estimate of drug-likeness (QED) is 0.828. The number of likely N-dealkylation sites (tertiary alicyclic amines) is 1. The van der Waals surface area contributed by atoms with Gasteiger partial charge in [0.25, 0.3) is 11.8 Å². The van der Waals surface area contributed by atoms with Crippen LogP contribution in [0.2, 0.25) is 0 Å². The molecule has 142 valence electrons. The molecular formula is C19H20F2N4O2. The fourth-order valence-corrected chi connectivity index (χ4v) is 3.67. The minimum Gasteiger partial charge on any atom is -0.331 e. The van der Waals surface area contributed by atoms with Gasteiger partial charge in [-0.2, -0.15) is 5.10 Å². The molecule has 2 aromatic rings. The monoisotopic (exact) mass is 374 g/mol. The van der Waals surface area contributed by atoms with Crippen molar-refractivity contribution >= 4 is 11.8 Å². The predicted octanol–water partition coefficient (Wildman–Crippen LogP) is 2.26. The fraction of sp³-hybridized carbons (Fsp3) is 0.421. The Kier molecular flexibility index (Phi) is 4.20. The van der Waals surface area contributed by atoms with Gasteiger partial charge < -0.3 is 9.80 Å². The third-order valence-corrected chi connectivity index (χ3v) is 5.04. The topological polar surface area (TPSA) is 58.4 Å². The van der Waals surface area contributed by atoms with E-state index in [0.29, 0.717) is 18.7 Å². The van der Waals surface area contributed by atoms with Gasteiger partial charge in [-0.25, -0.2) is 8.78 Å². The maximum Gasteiger partial charge on any atom is 0.282 e. The van der Waals surface area contributed by atoms with Gasteiger partial charge in [-0.3, -0.25) is 14.3 Å². The van der Waals surface area contributed by atoms with Crippen molar-refractivity contribution in [2.75, 3.05) is 19.6 Å². The van der Waals surface area contributed by atoms with Crippen LogP contribution in [-0.4, -0.2) is 57.0 Å². The van der Waals surface area contributed by atoms with Gasteiger partial charge in [0.1, 0.15) is 0 Å². The summed E-state index contributed by atoms with van der Waals surface area (Å²) in [6, 6.07) is 8.80. The normalized spacial score (nSPS) is 20.8. The molecule has 2 amide bonds. The molecule has 0 spiro atoms. The highest BCUT2D eigenvalue weighted by Crippen LogP contribution is 2.30.